The van der Waals surface area contributed by atoms with Crippen molar-refractivity contribution in [1.82, 2.24) is 4.57 Å². The van der Waals surface area contributed by atoms with Crippen LogP contribution < -0.4 is 10.1 Å². The lowest BCUT2D eigenvalue weighted by Gasteiger charge is -2.12. The molecule has 4 nitrogen and oxygen atoms in total. The number of para-hydroxylation sites is 2. The Bertz CT molecular complexity index is 930. The van der Waals surface area contributed by atoms with E-state index in [-0.39, 0.29) is 11.7 Å². The fourth-order valence-corrected chi connectivity index (χ4v) is 3.02. The minimum absolute atomic E-state index is 0.210. The molecule has 3 aromatic rings. The summed E-state index contributed by atoms with van der Waals surface area (Å²) in [6.07, 6.45) is 0. The van der Waals surface area contributed by atoms with E-state index >= 15 is 0 Å². The quantitative estimate of drug-likeness (QED) is 0.711. The smallest absolute Gasteiger partial charge is 0.257 e. The first-order valence-corrected chi connectivity index (χ1v) is 8.49. The predicted molar refractivity (Wildman–Crippen MR) is 101 cm³/mol. The first kappa shape index (κ1) is 17.7. The molecule has 1 heterocycles. The van der Waals surface area contributed by atoms with Crippen LogP contribution in [0.1, 0.15) is 28.7 Å². The van der Waals surface area contributed by atoms with E-state index in [0.29, 0.717) is 23.6 Å². The van der Waals surface area contributed by atoms with Crippen molar-refractivity contribution >= 4 is 11.6 Å². The lowest BCUT2D eigenvalue weighted by Crippen LogP contribution is -2.14. The maximum atomic E-state index is 13.2. The number of rotatable bonds is 5. The van der Waals surface area contributed by atoms with Gasteiger partial charge in [-0.3, -0.25) is 4.79 Å². The number of aryl methyl sites for hydroxylation is 1. The molecule has 0 saturated heterocycles. The van der Waals surface area contributed by atoms with Gasteiger partial charge in [0.05, 0.1) is 17.9 Å². The number of benzene rings is 2. The minimum Gasteiger partial charge on any atom is -0.492 e. The zero-order chi connectivity index (χ0) is 18.7. The van der Waals surface area contributed by atoms with Crippen LogP contribution in [-0.2, 0) is 0 Å². The van der Waals surface area contributed by atoms with E-state index in [1.54, 1.807) is 12.1 Å². The van der Waals surface area contributed by atoms with Crippen molar-refractivity contribution in [3.8, 4) is 11.4 Å². The average molecular weight is 352 g/mol. The van der Waals surface area contributed by atoms with Crippen molar-refractivity contribution in [1.29, 1.82) is 0 Å². The van der Waals surface area contributed by atoms with Gasteiger partial charge in [0.25, 0.3) is 5.91 Å². The molecule has 1 N–H and O–H groups in total. The normalized spacial score (nSPS) is 10.6. The molecule has 134 valence electrons. The van der Waals surface area contributed by atoms with Crippen LogP contribution in [0, 0.1) is 19.7 Å². The molecule has 0 radical (unpaired) electrons. The Morgan fingerprint density at radius 1 is 1.12 bits per heavy atom. The Labute approximate surface area is 152 Å². The summed E-state index contributed by atoms with van der Waals surface area (Å²) in [4.78, 5) is 12.8. The monoisotopic (exact) mass is 352 g/mol. The average Bonchev–Trinajstić information content (AvgIpc) is 2.92. The summed E-state index contributed by atoms with van der Waals surface area (Å²) in [6.45, 7) is 6.21. The first-order chi connectivity index (χ1) is 12.5. The Morgan fingerprint density at radius 2 is 1.81 bits per heavy atom. The molecule has 0 bridgehead atoms. The molecule has 0 aliphatic carbocycles. The molecule has 0 unspecified atom stereocenters. The second kappa shape index (κ2) is 7.44. The van der Waals surface area contributed by atoms with Crippen LogP contribution in [0.15, 0.2) is 54.6 Å². The maximum absolute atomic E-state index is 13.2. The molecular formula is C21H21FN2O2. The van der Waals surface area contributed by atoms with Gasteiger partial charge in [-0.1, -0.05) is 12.1 Å². The number of halogens is 1. The highest BCUT2D eigenvalue weighted by Gasteiger charge is 2.18. The van der Waals surface area contributed by atoms with Crippen molar-refractivity contribution < 1.29 is 13.9 Å². The highest BCUT2D eigenvalue weighted by Crippen LogP contribution is 2.26. The SMILES string of the molecule is CCOc1ccccc1NC(=O)c1cc(C)n(-c2ccc(F)cc2)c1C. The second-order valence-electron chi connectivity index (χ2n) is 5.98. The lowest BCUT2D eigenvalue weighted by atomic mass is 10.2. The number of anilines is 1. The molecule has 0 spiro atoms. The number of nitrogens with one attached hydrogen (secondary N) is 1. The molecule has 3 rings (SSSR count). The standard InChI is InChI=1S/C21H21FN2O2/c1-4-26-20-8-6-5-7-19(20)23-21(25)18-13-14(2)24(15(18)3)17-11-9-16(22)10-12-17/h5-13H,4H2,1-3H3,(H,23,25). The van der Waals surface area contributed by atoms with Crippen molar-refractivity contribution in [2.24, 2.45) is 0 Å². The summed E-state index contributed by atoms with van der Waals surface area (Å²) in [5, 5.41) is 2.92. The molecule has 0 saturated carbocycles. The van der Waals surface area contributed by atoms with E-state index in [1.807, 2.05) is 55.7 Å². The molecule has 2 aromatic carbocycles. The molecule has 0 atom stereocenters. The molecular weight excluding hydrogens is 331 g/mol. The number of hydrogen-bond donors (Lipinski definition) is 1. The Hall–Kier alpha value is -3.08. The van der Waals surface area contributed by atoms with Gasteiger partial charge in [-0.15, -0.1) is 0 Å². The summed E-state index contributed by atoms with van der Waals surface area (Å²) in [5.74, 6) is 0.135. The van der Waals surface area contributed by atoms with Crippen LogP contribution in [0.3, 0.4) is 0 Å². The summed E-state index contributed by atoms with van der Waals surface area (Å²) in [6, 6.07) is 15.4. The molecule has 1 aromatic heterocycles. The third-order valence-corrected chi connectivity index (χ3v) is 4.20. The van der Waals surface area contributed by atoms with Crippen LogP contribution in [0.25, 0.3) is 5.69 Å². The summed E-state index contributed by atoms with van der Waals surface area (Å²) >= 11 is 0. The lowest BCUT2D eigenvalue weighted by molar-refractivity contribution is 0.102. The second-order valence-corrected chi connectivity index (χ2v) is 5.98. The molecule has 0 fully saturated rings. The number of hydrogen-bond acceptors (Lipinski definition) is 2. The third-order valence-electron chi connectivity index (χ3n) is 4.20. The molecule has 0 aliphatic heterocycles. The summed E-state index contributed by atoms with van der Waals surface area (Å²) in [5.41, 5.74) is 3.71. The van der Waals surface area contributed by atoms with Crippen molar-refractivity contribution in [2.75, 3.05) is 11.9 Å². The van der Waals surface area contributed by atoms with E-state index in [4.69, 9.17) is 4.74 Å². The number of carbonyl (C=O) groups is 1. The van der Waals surface area contributed by atoms with Crippen molar-refractivity contribution in [3.05, 3.63) is 77.4 Å². The Morgan fingerprint density at radius 3 is 2.50 bits per heavy atom. The minimum atomic E-state index is -0.290. The Kier molecular flexibility index (Phi) is 5.07. The van der Waals surface area contributed by atoms with Gasteiger partial charge in [0, 0.05) is 17.1 Å². The van der Waals surface area contributed by atoms with Gasteiger partial charge >= 0.3 is 0 Å². The highest BCUT2D eigenvalue weighted by molar-refractivity contribution is 6.06. The highest BCUT2D eigenvalue weighted by atomic mass is 19.1. The van der Waals surface area contributed by atoms with E-state index in [2.05, 4.69) is 5.32 Å². The van der Waals surface area contributed by atoms with E-state index in [9.17, 15) is 9.18 Å². The van der Waals surface area contributed by atoms with E-state index in [1.165, 1.54) is 12.1 Å². The topological polar surface area (TPSA) is 43.3 Å². The van der Waals surface area contributed by atoms with E-state index in [0.717, 1.165) is 17.1 Å². The van der Waals surface area contributed by atoms with Gasteiger partial charge in [-0.25, -0.2) is 4.39 Å². The fourth-order valence-electron chi connectivity index (χ4n) is 3.02. The van der Waals surface area contributed by atoms with Gasteiger partial charge in [0.2, 0.25) is 0 Å². The third kappa shape index (κ3) is 3.47. The predicted octanol–water partition coefficient (Wildman–Crippen LogP) is 4.88. The van der Waals surface area contributed by atoms with Gasteiger partial charge in [0.15, 0.2) is 0 Å². The summed E-state index contributed by atoms with van der Waals surface area (Å²) < 4.78 is 20.7. The molecule has 26 heavy (non-hydrogen) atoms. The first-order valence-electron chi connectivity index (χ1n) is 8.49. The van der Waals surface area contributed by atoms with Crippen LogP contribution in [0.4, 0.5) is 10.1 Å². The zero-order valence-corrected chi connectivity index (χ0v) is 15.0. The van der Waals surface area contributed by atoms with Gasteiger partial charge in [-0.05, 0) is 63.2 Å². The van der Waals surface area contributed by atoms with E-state index < -0.39 is 0 Å². The fraction of sp³-hybridized carbons (Fsp3) is 0.190. The van der Waals surface area contributed by atoms with Gasteiger partial charge < -0.3 is 14.6 Å². The summed E-state index contributed by atoms with van der Waals surface area (Å²) in [7, 11) is 0. The van der Waals surface area contributed by atoms with Crippen LogP contribution in [-0.4, -0.2) is 17.1 Å². The Balaban J connectivity index is 1.92. The number of nitrogens with zero attached hydrogens (tertiary/aromatic N) is 1. The zero-order valence-electron chi connectivity index (χ0n) is 15.0. The van der Waals surface area contributed by atoms with Crippen LogP contribution in [0.5, 0.6) is 5.75 Å². The molecule has 1 amide bonds. The number of amides is 1. The van der Waals surface area contributed by atoms with Crippen molar-refractivity contribution in [3.63, 3.8) is 0 Å². The van der Waals surface area contributed by atoms with Crippen molar-refractivity contribution in [2.45, 2.75) is 20.8 Å². The number of aromatic nitrogens is 1. The number of carbonyl (C=O) groups excluding carboxylic acids is 1. The number of ether oxygens (including phenoxy) is 1. The maximum Gasteiger partial charge on any atom is 0.257 e. The molecule has 0 aliphatic rings. The van der Waals surface area contributed by atoms with Gasteiger partial charge in [-0.2, -0.15) is 0 Å². The van der Waals surface area contributed by atoms with Crippen LogP contribution in [0.2, 0.25) is 0 Å². The van der Waals surface area contributed by atoms with Crippen LogP contribution >= 0.6 is 0 Å². The molecule has 5 heteroatoms. The largest absolute Gasteiger partial charge is 0.492 e. The van der Waals surface area contributed by atoms with Gasteiger partial charge in [0.1, 0.15) is 11.6 Å².